The number of ether oxygens (including phenoxy) is 4. The number of benzene rings is 7. The van der Waals surface area contributed by atoms with E-state index in [9.17, 15) is 0 Å². The average molecular weight is 766 g/mol. The first-order valence-corrected chi connectivity index (χ1v) is 19.8. The zero-order valence-corrected chi connectivity index (χ0v) is 32.3. The molecule has 0 aromatic heterocycles. The first-order valence-electron chi connectivity index (χ1n) is 19.8. The standard InChI is InChI=1S/C54H39NO4/c1-3-47-48(4-2)57-53-34-42(26-30-51(53)56-47)40-14-10-16-45(32-40)55(44-28-24-39(25-29-44)38-22-20-37(21-23-38)36-12-6-5-7-13-36)46-17-11-15-41(33-46)43-27-31-52-54(35-43)59-50-19-9-8-18-49(50)58-52/h3-7,10-35H,1-2,8-9H2. The Bertz CT molecular complexity index is 2850. The zero-order valence-electron chi connectivity index (χ0n) is 32.3. The molecule has 59 heavy (non-hydrogen) atoms. The van der Waals surface area contributed by atoms with Crippen molar-refractivity contribution in [2.75, 3.05) is 4.90 Å². The van der Waals surface area contributed by atoms with Gasteiger partial charge in [-0.2, -0.15) is 0 Å². The van der Waals surface area contributed by atoms with E-state index in [-0.39, 0.29) is 0 Å². The van der Waals surface area contributed by atoms with Gasteiger partial charge in [0, 0.05) is 17.1 Å². The van der Waals surface area contributed by atoms with Crippen LogP contribution in [0.3, 0.4) is 0 Å². The summed E-state index contributed by atoms with van der Waals surface area (Å²) in [5.74, 6) is 5.34. The second-order valence-electron chi connectivity index (χ2n) is 14.5. The van der Waals surface area contributed by atoms with Crippen molar-refractivity contribution in [2.45, 2.75) is 12.8 Å². The Hall–Kier alpha value is -7.76. The van der Waals surface area contributed by atoms with Crippen LogP contribution < -0.4 is 23.8 Å². The van der Waals surface area contributed by atoms with Crippen LogP contribution in [0.25, 0.3) is 44.5 Å². The van der Waals surface area contributed by atoms with Gasteiger partial charge in [-0.15, -0.1) is 0 Å². The smallest absolute Gasteiger partial charge is 0.170 e. The molecule has 0 saturated heterocycles. The van der Waals surface area contributed by atoms with E-state index in [0.29, 0.717) is 28.8 Å². The Balaban J connectivity index is 1.02. The Kier molecular flexibility index (Phi) is 9.24. The summed E-state index contributed by atoms with van der Waals surface area (Å²) in [6, 6.07) is 57.3. The third kappa shape index (κ3) is 7.00. The molecule has 5 nitrogen and oxygen atoms in total. The van der Waals surface area contributed by atoms with Crippen molar-refractivity contribution in [3.05, 3.63) is 224 Å². The topological polar surface area (TPSA) is 40.2 Å². The average Bonchev–Trinajstić information content (AvgIpc) is 3.31. The van der Waals surface area contributed by atoms with Crippen molar-refractivity contribution in [3.63, 3.8) is 0 Å². The normalized spacial score (nSPS) is 13.8. The minimum absolute atomic E-state index is 0.533. The number of allylic oxidation sites excluding steroid dienone is 4. The lowest BCUT2D eigenvalue weighted by Crippen LogP contribution is -2.14. The minimum atomic E-state index is 0.533. The highest BCUT2D eigenvalue weighted by Gasteiger charge is 2.24. The van der Waals surface area contributed by atoms with Crippen molar-refractivity contribution in [3.8, 4) is 67.5 Å². The molecule has 0 spiro atoms. The van der Waals surface area contributed by atoms with Crippen LogP contribution >= 0.6 is 0 Å². The Morgan fingerprint density at radius 2 is 0.763 bits per heavy atom. The minimum Gasteiger partial charge on any atom is -0.450 e. The van der Waals surface area contributed by atoms with Gasteiger partial charge in [0.1, 0.15) is 0 Å². The van der Waals surface area contributed by atoms with E-state index in [1.54, 1.807) is 12.2 Å². The lowest BCUT2D eigenvalue weighted by atomic mass is 9.99. The molecule has 7 aromatic rings. The number of hydrogen-bond donors (Lipinski definition) is 0. The molecule has 0 N–H and O–H groups in total. The van der Waals surface area contributed by atoms with Gasteiger partial charge >= 0.3 is 0 Å². The number of rotatable bonds is 9. The maximum Gasteiger partial charge on any atom is 0.170 e. The molecule has 0 saturated carbocycles. The van der Waals surface area contributed by atoms with Gasteiger partial charge in [0.15, 0.2) is 46.0 Å². The molecule has 284 valence electrons. The summed E-state index contributed by atoms with van der Waals surface area (Å²) in [6.45, 7) is 7.74. The molecule has 0 fully saturated rings. The molecular formula is C54H39NO4. The monoisotopic (exact) mass is 765 g/mol. The van der Waals surface area contributed by atoms with Crippen LogP contribution in [-0.4, -0.2) is 0 Å². The third-order valence-electron chi connectivity index (χ3n) is 10.8. The predicted molar refractivity (Wildman–Crippen MR) is 238 cm³/mol. The van der Waals surface area contributed by atoms with Gasteiger partial charge in [-0.1, -0.05) is 116 Å². The molecule has 7 aromatic carbocycles. The molecule has 0 radical (unpaired) electrons. The summed E-state index contributed by atoms with van der Waals surface area (Å²) in [5, 5.41) is 0. The Morgan fingerprint density at radius 3 is 1.31 bits per heavy atom. The summed E-state index contributed by atoms with van der Waals surface area (Å²) in [5.41, 5.74) is 11.8. The van der Waals surface area contributed by atoms with Gasteiger partial charge < -0.3 is 23.8 Å². The van der Waals surface area contributed by atoms with Gasteiger partial charge in [0.05, 0.1) is 0 Å². The van der Waals surface area contributed by atoms with Crippen molar-refractivity contribution in [2.24, 2.45) is 0 Å². The summed E-state index contributed by atoms with van der Waals surface area (Å²) < 4.78 is 24.8. The predicted octanol–water partition coefficient (Wildman–Crippen LogP) is 14.5. The summed E-state index contributed by atoms with van der Waals surface area (Å²) >= 11 is 0. The largest absolute Gasteiger partial charge is 0.450 e. The zero-order chi connectivity index (χ0) is 39.7. The molecule has 5 heteroatoms. The SMILES string of the molecule is C=CC1=C(C=C)Oc2cc(-c3cccc(N(c4ccc(-c5ccc(-c6ccccc6)cc5)cc4)c4cccc(-c5ccc6c(c5)OC5=CCCC=C5O6)c4)c3)ccc2O1. The molecule has 0 atom stereocenters. The quantitative estimate of drug-likeness (QED) is 0.146. The molecule has 0 bridgehead atoms. The van der Waals surface area contributed by atoms with Crippen LogP contribution in [0.15, 0.2) is 224 Å². The summed E-state index contributed by atoms with van der Waals surface area (Å²) in [4.78, 5) is 2.30. The van der Waals surface area contributed by atoms with Crippen LogP contribution in [-0.2, 0) is 0 Å². The molecular weight excluding hydrogens is 727 g/mol. The molecule has 1 aliphatic carbocycles. The van der Waals surface area contributed by atoms with Crippen LogP contribution in [0.4, 0.5) is 17.1 Å². The third-order valence-corrected chi connectivity index (χ3v) is 10.8. The first kappa shape index (κ1) is 35.6. The van der Waals surface area contributed by atoms with Crippen LogP contribution in [0.5, 0.6) is 23.0 Å². The maximum absolute atomic E-state index is 6.33. The van der Waals surface area contributed by atoms with Gasteiger partial charge in [0.25, 0.3) is 0 Å². The van der Waals surface area contributed by atoms with Crippen molar-refractivity contribution < 1.29 is 18.9 Å². The van der Waals surface area contributed by atoms with Gasteiger partial charge in [-0.05, 0) is 142 Å². The van der Waals surface area contributed by atoms with E-state index in [0.717, 1.165) is 80.6 Å². The molecule has 0 amide bonds. The fourth-order valence-electron chi connectivity index (χ4n) is 7.76. The fourth-order valence-corrected chi connectivity index (χ4v) is 7.76. The van der Waals surface area contributed by atoms with E-state index in [1.165, 1.54) is 11.1 Å². The molecule has 2 heterocycles. The molecule has 0 unspecified atom stereocenters. The first-order chi connectivity index (χ1) is 29.1. The van der Waals surface area contributed by atoms with Gasteiger partial charge in [0.2, 0.25) is 0 Å². The second kappa shape index (κ2) is 15.3. The van der Waals surface area contributed by atoms with E-state index >= 15 is 0 Å². The van der Waals surface area contributed by atoms with Gasteiger partial charge in [-0.3, -0.25) is 0 Å². The Morgan fingerprint density at radius 1 is 0.356 bits per heavy atom. The van der Waals surface area contributed by atoms with E-state index in [1.807, 2.05) is 30.3 Å². The second-order valence-corrected chi connectivity index (χ2v) is 14.5. The molecule has 10 rings (SSSR count). The maximum atomic E-state index is 6.33. The van der Waals surface area contributed by atoms with Crippen molar-refractivity contribution >= 4 is 17.1 Å². The number of nitrogens with zero attached hydrogens (tertiary/aromatic N) is 1. The summed E-state index contributed by atoms with van der Waals surface area (Å²) in [6.07, 6.45) is 9.35. The fraction of sp³-hybridized carbons (Fsp3) is 0.0370. The lowest BCUT2D eigenvalue weighted by molar-refractivity contribution is 0.288. The van der Waals surface area contributed by atoms with Gasteiger partial charge in [-0.25, -0.2) is 0 Å². The lowest BCUT2D eigenvalue weighted by Gasteiger charge is -2.27. The number of anilines is 3. The molecule has 3 aliphatic rings. The number of fused-ring (bicyclic) bond motifs is 3. The highest BCUT2D eigenvalue weighted by molar-refractivity contribution is 5.84. The van der Waals surface area contributed by atoms with E-state index in [4.69, 9.17) is 18.9 Å². The van der Waals surface area contributed by atoms with E-state index < -0.39 is 0 Å². The van der Waals surface area contributed by atoms with Crippen LogP contribution in [0.1, 0.15) is 12.8 Å². The van der Waals surface area contributed by atoms with E-state index in [2.05, 4.69) is 164 Å². The summed E-state index contributed by atoms with van der Waals surface area (Å²) in [7, 11) is 0. The van der Waals surface area contributed by atoms with Crippen molar-refractivity contribution in [1.29, 1.82) is 0 Å². The number of hydrogen-bond acceptors (Lipinski definition) is 5. The van der Waals surface area contributed by atoms with Crippen molar-refractivity contribution in [1.82, 2.24) is 0 Å². The Labute approximate surface area is 344 Å². The van der Waals surface area contributed by atoms with Crippen LogP contribution in [0.2, 0.25) is 0 Å². The highest BCUT2D eigenvalue weighted by Crippen LogP contribution is 2.44. The van der Waals surface area contributed by atoms with Crippen LogP contribution in [0, 0.1) is 0 Å². The molecule has 2 aliphatic heterocycles. The highest BCUT2D eigenvalue weighted by atomic mass is 16.6.